The van der Waals surface area contributed by atoms with Crippen LogP contribution in [0.15, 0.2) is 57.6 Å². The fraction of sp³-hybridized carbons (Fsp3) is 0.278. The normalized spacial score (nSPS) is 11.3. The lowest BCUT2D eigenvalue weighted by molar-refractivity contribution is -0.385. The number of azo groups is 1. The third-order valence-corrected chi connectivity index (χ3v) is 5.03. The van der Waals surface area contributed by atoms with Gasteiger partial charge in [0, 0.05) is 37.2 Å². The minimum absolute atomic E-state index is 0.00176. The number of aliphatic hydroxyl groups is 1. The molecule has 0 aromatic heterocycles. The van der Waals surface area contributed by atoms with E-state index in [0.717, 1.165) is 24.1 Å². The summed E-state index contributed by atoms with van der Waals surface area (Å²) in [5, 5.41) is 36.7. The lowest BCUT2D eigenvalue weighted by atomic mass is 10.2. The van der Waals surface area contributed by atoms with E-state index in [1.165, 1.54) is 6.07 Å². The summed E-state index contributed by atoms with van der Waals surface area (Å²) in [4.78, 5) is 11.8. The predicted molar refractivity (Wildman–Crippen MR) is 106 cm³/mol. The van der Waals surface area contributed by atoms with Gasteiger partial charge in [0.25, 0.3) is 5.69 Å². The Balaban J connectivity index is 2.28. The minimum Gasteiger partial charge on any atom is -0.395 e. The van der Waals surface area contributed by atoms with Gasteiger partial charge >= 0.3 is 0 Å². The fourth-order valence-electron chi connectivity index (χ4n) is 2.51. The van der Waals surface area contributed by atoms with Gasteiger partial charge in [-0.1, -0.05) is 0 Å². The molecule has 2 rings (SSSR count). The molecule has 0 saturated carbocycles. The number of aliphatic hydroxyl groups excluding tert-OH is 1. The molecule has 10 nitrogen and oxygen atoms in total. The molecule has 0 heterocycles. The molecule has 29 heavy (non-hydrogen) atoms. The van der Waals surface area contributed by atoms with E-state index >= 15 is 0 Å². The number of rotatable bonds is 9. The SMILES string of the molecule is CS(=O)(=O)c1cc([N+](=O)[O-])ccc1N=Nc1ccc(N(CCO)CCC#N)cc1. The average molecular weight is 417 g/mol. The molecule has 0 atom stereocenters. The Kier molecular flexibility index (Phi) is 7.35. The molecule has 0 amide bonds. The highest BCUT2D eigenvalue weighted by molar-refractivity contribution is 7.90. The summed E-state index contributed by atoms with van der Waals surface area (Å²) >= 11 is 0. The van der Waals surface area contributed by atoms with Crippen molar-refractivity contribution < 1.29 is 18.4 Å². The van der Waals surface area contributed by atoms with Crippen molar-refractivity contribution >= 4 is 32.6 Å². The Bertz CT molecular complexity index is 1050. The van der Waals surface area contributed by atoms with Gasteiger partial charge in [0.1, 0.15) is 10.6 Å². The van der Waals surface area contributed by atoms with Crippen molar-refractivity contribution in [2.75, 3.05) is 30.9 Å². The van der Waals surface area contributed by atoms with Crippen LogP contribution in [0.2, 0.25) is 0 Å². The van der Waals surface area contributed by atoms with E-state index in [4.69, 9.17) is 10.4 Å². The van der Waals surface area contributed by atoms with E-state index in [9.17, 15) is 18.5 Å². The third kappa shape index (κ3) is 6.06. The van der Waals surface area contributed by atoms with Crippen LogP contribution < -0.4 is 4.90 Å². The first-order valence-electron chi connectivity index (χ1n) is 8.49. The summed E-state index contributed by atoms with van der Waals surface area (Å²) in [7, 11) is -3.74. The molecule has 11 heteroatoms. The molecule has 0 aliphatic rings. The molecule has 0 radical (unpaired) electrons. The third-order valence-electron chi connectivity index (χ3n) is 3.91. The van der Waals surface area contributed by atoms with Crippen molar-refractivity contribution in [1.29, 1.82) is 5.26 Å². The van der Waals surface area contributed by atoms with Crippen LogP contribution >= 0.6 is 0 Å². The second kappa shape index (κ2) is 9.72. The van der Waals surface area contributed by atoms with E-state index in [-0.39, 0.29) is 22.9 Å². The number of hydrogen-bond acceptors (Lipinski definition) is 9. The smallest absolute Gasteiger partial charge is 0.270 e. The van der Waals surface area contributed by atoms with Crippen LogP contribution in [0.3, 0.4) is 0 Å². The van der Waals surface area contributed by atoms with Gasteiger partial charge < -0.3 is 10.0 Å². The van der Waals surface area contributed by atoms with Gasteiger partial charge in [0.2, 0.25) is 0 Å². The quantitative estimate of drug-likeness (QED) is 0.374. The van der Waals surface area contributed by atoms with Crippen molar-refractivity contribution in [3.63, 3.8) is 0 Å². The van der Waals surface area contributed by atoms with Crippen LogP contribution in [0, 0.1) is 21.4 Å². The van der Waals surface area contributed by atoms with Crippen molar-refractivity contribution in [2.24, 2.45) is 10.2 Å². The zero-order valence-electron chi connectivity index (χ0n) is 15.6. The Hall–Kier alpha value is -3.36. The number of nitrogens with zero attached hydrogens (tertiary/aromatic N) is 5. The van der Waals surface area contributed by atoms with E-state index < -0.39 is 14.8 Å². The minimum atomic E-state index is -3.74. The number of non-ortho nitro benzene ring substituents is 1. The number of nitro groups is 1. The molecular weight excluding hydrogens is 398 g/mol. The number of hydrogen-bond donors (Lipinski definition) is 1. The standard InChI is InChI=1S/C18H19N5O5S/c1-29(27,28)18-13-16(23(25)26)7-8-17(18)21-20-14-3-5-15(6-4-14)22(11-12-24)10-2-9-19/h3-8,13,24H,2,10-12H2,1H3. The molecule has 1 N–H and O–H groups in total. The maximum atomic E-state index is 11.9. The Morgan fingerprint density at radius 3 is 2.41 bits per heavy atom. The zero-order chi connectivity index (χ0) is 21.4. The molecule has 0 fully saturated rings. The Morgan fingerprint density at radius 2 is 1.86 bits per heavy atom. The van der Waals surface area contributed by atoms with Gasteiger partial charge in [0.05, 0.1) is 29.7 Å². The Labute approximate surface area is 167 Å². The van der Waals surface area contributed by atoms with Crippen LogP contribution in [0.1, 0.15) is 6.42 Å². The highest BCUT2D eigenvalue weighted by Gasteiger charge is 2.18. The predicted octanol–water partition coefficient (Wildman–Crippen LogP) is 3.13. The van der Waals surface area contributed by atoms with Gasteiger partial charge in [0.15, 0.2) is 9.84 Å². The van der Waals surface area contributed by atoms with Crippen LogP contribution in [0.25, 0.3) is 0 Å². The lowest BCUT2D eigenvalue weighted by Gasteiger charge is -2.22. The maximum Gasteiger partial charge on any atom is 0.270 e. The van der Waals surface area contributed by atoms with Crippen molar-refractivity contribution in [2.45, 2.75) is 11.3 Å². The van der Waals surface area contributed by atoms with Gasteiger partial charge in [-0.2, -0.15) is 10.4 Å². The van der Waals surface area contributed by atoms with Gasteiger partial charge in [-0.3, -0.25) is 10.1 Å². The largest absolute Gasteiger partial charge is 0.395 e. The fourth-order valence-corrected chi connectivity index (χ4v) is 3.34. The highest BCUT2D eigenvalue weighted by Crippen LogP contribution is 2.30. The molecule has 2 aromatic rings. The summed E-state index contributed by atoms with van der Waals surface area (Å²) in [5.74, 6) is 0. The molecule has 152 valence electrons. The van der Waals surface area contributed by atoms with Crippen molar-refractivity contribution in [3.8, 4) is 6.07 Å². The summed E-state index contributed by atoms with van der Waals surface area (Å²) in [5.41, 5.74) is 0.879. The van der Waals surface area contributed by atoms with Crippen molar-refractivity contribution in [3.05, 3.63) is 52.6 Å². The number of nitriles is 1. The lowest BCUT2D eigenvalue weighted by Crippen LogP contribution is -2.27. The van der Waals surface area contributed by atoms with Crippen LogP contribution in [0.4, 0.5) is 22.7 Å². The van der Waals surface area contributed by atoms with Gasteiger partial charge in [-0.15, -0.1) is 5.11 Å². The second-order valence-electron chi connectivity index (χ2n) is 6.02. The zero-order valence-corrected chi connectivity index (χ0v) is 16.4. The molecule has 2 aromatic carbocycles. The maximum absolute atomic E-state index is 11.9. The van der Waals surface area contributed by atoms with E-state index in [0.29, 0.717) is 25.2 Å². The summed E-state index contributed by atoms with van der Waals surface area (Å²) in [6.45, 7) is 0.794. The van der Waals surface area contributed by atoms with Gasteiger partial charge in [-0.25, -0.2) is 8.42 Å². The average Bonchev–Trinajstić information content (AvgIpc) is 2.69. The van der Waals surface area contributed by atoms with Crippen LogP contribution in [0.5, 0.6) is 0 Å². The van der Waals surface area contributed by atoms with Crippen molar-refractivity contribution in [1.82, 2.24) is 0 Å². The molecule has 0 saturated heterocycles. The Morgan fingerprint density at radius 1 is 1.17 bits per heavy atom. The molecule has 0 spiro atoms. The number of anilines is 1. The van der Waals surface area contributed by atoms with E-state index in [2.05, 4.69) is 16.3 Å². The first kappa shape index (κ1) is 21.9. The molecule has 0 aliphatic heterocycles. The first-order valence-corrected chi connectivity index (χ1v) is 10.4. The summed E-state index contributed by atoms with van der Waals surface area (Å²) < 4.78 is 23.9. The summed E-state index contributed by atoms with van der Waals surface area (Å²) in [6.07, 6.45) is 1.26. The molecule has 0 aliphatic carbocycles. The van der Waals surface area contributed by atoms with Gasteiger partial charge in [-0.05, 0) is 30.3 Å². The van der Waals surface area contributed by atoms with E-state index in [1.807, 2.05) is 4.90 Å². The molecular formula is C18H19N5O5S. The number of sulfone groups is 1. The van der Waals surface area contributed by atoms with Crippen LogP contribution in [-0.2, 0) is 9.84 Å². The number of benzene rings is 2. The van der Waals surface area contributed by atoms with Crippen LogP contribution in [-0.4, -0.2) is 44.4 Å². The molecule has 0 unspecified atom stereocenters. The topological polar surface area (TPSA) is 149 Å². The number of nitro benzene ring substituents is 1. The highest BCUT2D eigenvalue weighted by atomic mass is 32.2. The monoisotopic (exact) mass is 417 g/mol. The summed E-state index contributed by atoms with van der Waals surface area (Å²) in [6, 6.07) is 12.2. The van der Waals surface area contributed by atoms with E-state index in [1.54, 1.807) is 24.3 Å². The first-order chi connectivity index (χ1) is 13.8. The second-order valence-corrected chi connectivity index (χ2v) is 8.00. The molecule has 0 bridgehead atoms.